The highest BCUT2D eigenvalue weighted by molar-refractivity contribution is 5.96. The lowest BCUT2D eigenvalue weighted by atomic mass is 9.92. The lowest BCUT2D eigenvalue weighted by molar-refractivity contribution is -0.139. The van der Waals surface area contributed by atoms with Crippen LogP contribution < -0.4 is 5.32 Å². The molecule has 0 aliphatic carbocycles. The van der Waals surface area contributed by atoms with Gasteiger partial charge in [-0.25, -0.2) is 9.78 Å². The summed E-state index contributed by atoms with van der Waals surface area (Å²) in [6.45, 7) is 9.41. The molecular formula is C37H46N6O3. The van der Waals surface area contributed by atoms with E-state index in [4.69, 9.17) is 4.98 Å². The third kappa shape index (κ3) is 7.41. The Balaban J connectivity index is 1.06. The number of urea groups is 1. The predicted octanol–water partition coefficient (Wildman–Crippen LogP) is 4.99. The summed E-state index contributed by atoms with van der Waals surface area (Å²) in [4.78, 5) is 52.9. The highest BCUT2D eigenvalue weighted by Crippen LogP contribution is 2.29. The van der Waals surface area contributed by atoms with Crippen LogP contribution in [0.1, 0.15) is 49.9 Å². The van der Waals surface area contributed by atoms with Gasteiger partial charge < -0.3 is 20.0 Å². The maximum Gasteiger partial charge on any atom is 0.317 e. The molecule has 1 aromatic heterocycles. The zero-order valence-corrected chi connectivity index (χ0v) is 27.1. The van der Waals surface area contributed by atoms with Crippen molar-refractivity contribution in [2.45, 2.75) is 51.6 Å². The Morgan fingerprint density at radius 3 is 1.85 bits per heavy atom. The molecule has 242 valence electrons. The largest absolute Gasteiger partial charge is 0.339 e. The molecule has 0 unspecified atom stereocenters. The number of hydrogen-bond donors (Lipinski definition) is 1. The number of benzene rings is 2. The molecule has 0 bridgehead atoms. The maximum absolute atomic E-state index is 13.9. The molecule has 3 aromatic rings. The normalized spacial score (nSPS) is 19.7. The summed E-state index contributed by atoms with van der Waals surface area (Å²) >= 11 is 0. The smallest absolute Gasteiger partial charge is 0.317 e. The van der Waals surface area contributed by atoms with E-state index in [0.717, 1.165) is 61.3 Å². The number of hydrogen-bond acceptors (Lipinski definition) is 5. The first-order valence-corrected chi connectivity index (χ1v) is 16.9. The Kier molecular flexibility index (Phi) is 9.97. The molecule has 1 atom stereocenters. The minimum absolute atomic E-state index is 0.00548. The first kappa shape index (κ1) is 31.7. The van der Waals surface area contributed by atoms with Crippen molar-refractivity contribution in [2.24, 2.45) is 5.92 Å². The molecule has 46 heavy (non-hydrogen) atoms. The first-order chi connectivity index (χ1) is 22.4. The monoisotopic (exact) mass is 622 g/mol. The first-order valence-electron chi connectivity index (χ1n) is 16.9. The zero-order valence-electron chi connectivity index (χ0n) is 27.1. The van der Waals surface area contributed by atoms with Crippen molar-refractivity contribution < 1.29 is 14.4 Å². The van der Waals surface area contributed by atoms with Crippen LogP contribution in [0.25, 0.3) is 22.5 Å². The molecule has 9 nitrogen and oxygen atoms in total. The summed E-state index contributed by atoms with van der Waals surface area (Å²) < 4.78 is 0. The second-order valence-corrected chi connectivity index (χ2v) is 13.1. The molecular weight excluding hydrogens is 576 g/mol. The van der Waals surface area contributed by atoms with Crippen molar-refractivity contribution in [3.63, 3.8) is 0 Å². The molecule has 2 aromatic carbocycles. The fourth-order valence-corrected chi connectivity index (χ4v) is 7.05. The van der Waals surface area contributed by atoms with Gasteiger partial charge in [0.1, 0.15) is 0 Å². The second kappa shape index (κ2) is 14.5. The van der Waals surface area contributed by atoms with Crippen molar-refractivity contribution >= 4 is 17.8 Å². The van der Waals surface area contributed by atoms with Crippen molar-refractivity contribution in [3.8, 4) is 22.5 Å². The predicted molar refractivity (Wildman–Crippen MR) is 180 cm³/mol. The van der Waals surface area contributed by atoms with Gasteiger partial charge >= 0.3 is 6.03 Å². The van der Waals surface area contributed by atoms with Crippen molar-refractivity contribution in [1.82, 2.24) is 29.9 Å². The van der Waals surface area contributed by atoms with Gasteiger partial charge in [0.25, 0.3) is 5.91 Å². The van der Waals surface area contributed by atoms with Crippen molar-refractivity contribution in [2.75, 3.05) is 52.4 Å². The third-order valence-corrected chi connectivity index (χ3v) is 9.57. The molecule has 0 saturated carbocycles. The van der Waals surface area contributed by atoms with Crippen LogP contribution in [0, 0.1) is 5.92 Å². The van der Waals surface area contributed by atoms with E-state index in [2.05, 4.69) is 10.2 Å². The fourth-order valence-electron chi connectivity index (χ4n) is 7.05. The molecule has 3 saturated heterocycles. The van der Waals surface area contributed by atoms with E-state index in [1.165, 1.54) is 0 Å². The summed E-state index contributed by atoms with van der Waals surface area (Å²) in [5.41, 5.74) is 4.23. The molecule has 0 radical (unpaired) electrons. The molecule has 1 N–H and O–H groups in total. The van der Waals surface area contributed by atoms with Crippen LogP contribution in [0.4, 0.5) is 4.79 Å². The lowest BCUT2D eigenvalue weighted by Gasteiger charge is -2.43. The van der Waals surface area contributed by atoms with E-state index in [1.54, 1.807) is 0 Å². The minimum atomic E-state index is -0.0482. The molecule has 3 aliphatic rings. The van der Waals surface area contributed by atoms with Gasteiger partial charge in [-0.15, -0.1) is 0 Å². The summed E-state index contributed by atoms with van der Waals surface area (Å²) in [5.74, 6) is 0.263. The van der Waals surface area contributed by atoms with E-state index in [-0.39, 0.29) is 29.8 Å². The van der Waals surface area contributed by atoms with Crippen LogP contribution in [0.2, 0.25) is 0 Å². The van der Waals surface area contributed by atoms with E-state index >= 15 is 0 Å². The van der Waals surface area contributed by atoms with Gasteiger partial charge in [0.15, 0.2) is 0 Å². The number of likely N-dealkylation sites (tertiary alicyclic amines) is 2. The second-order valence-electron chi connectivity index (χ2n) is 13.1. The van der Waals surface area contributed by atoms with Gasteiger partial charge in [-0.3, -0.25) is 14.5 Å². The highest BCUT2D eigenvalue weighted by Gasteiger charge is 2.35. The fraction of sp³-hybridized carbons (Fsp3) is 0.459. The number of nitrogens with one attached hydrogen (secondary N) is 1. The quantitative estimate of drug-likeness (QED) is 0.419. The zero-order chi connectivity index (χ0) is 32.0. The summed E-state index contributed by atoms with van der Waals surface area (Å²) in [5, 5.41) is 2.95. The summed E-state index contributed by atoms with van der Waals surface area (Å²) in [6.07, 6.45) is 3.72. The number of aromatic nitrogens is 1. The van der Waals surface area contributed by atoms with Crippen LogP contribution in [0.15, 0.2) is 72.8 Å². The summed E-state index contributed by atoms with van der Waals surface area (Å²) in [7, 11) is 0. The molecule has 4 amide bonds. The number of carbonyl (C=O) groups is 3. The van der Waals surface area contributed by atoms with E-state index in [9.17, 15) is 14.4 Å². The van der Waals surface area contributed by atoms with Crippen LogP contribution in [-0.4, -0.2) is 107 Å². The van der Waals surface area contributed by atoms with Crippen LogP contribution >= 0.6 is 0 Å². The third-order valence-electron chi connectivity index (χ3n) is 9.57. The lowest BCUT2D eigenvalue weighted by Crippen LogP contribution is -2.56. The van der Waals surface area contributed by atoms with Gasteiger partial charge in [-0.05, 0) is 58.2 Å². The Morgan fingerprint density at radius 1 is 0.717 bits per heavy atom. The van der Waals surface area contributed by atoms with Crippen LogP contribution in [0.3, 0.4) is 0 Å². The number of piperazine rings is 1. The van der Waals surface area contributed by atoms with Gasteiger partial charge in [0, 0.05) is 74.6 Å². The average Bonchev–Trinajstić information content (AvgIpc) is 3.11. The molecule has 4 heterocycles. The van der Waals surface area contributed by atoms with Crippen molar-refractivity contribution in [3.05, 3.63) is 78.4 Å². The number of pyridine rings is 1. The molecule has 9 heteroatoms. The number of piperidine rings is 2. The topological polar surface area (TPSA) is 89.1 Å². The maximum atomic E-state index is 13.9. The van der Waals surface area contributed by atoms with Gasteiger partial charge in [-0.2, -0.15) is 0 Å². The highest BCUT2D eigenvalue weighted by atomic mass is 16.2. The Bertz CT molecular complexity index is 1440. The van der Waals surface area contributed by atoms with E-state index in [1.807, 2.05) is 101 Å². The Morgan fingerprint density at radius 2 is 1.28 bits per heavy atom. The summed E-state index contributed by atoms with van der Waals surface area (Å²) in [6, 6.07) is 24.3. The van der Waals surface area contributed by atoms with Gasteiger partial charge in [-0.1, -0.05) is 60.7 Å². The molecule has 0 spiro atoms. The molecule has 6 rings (SSSR count). The molecule has 3 fully saturated rings. The van der Waals surface area contributed by atoms with Gasteiger partial charge in [0.2, 0.25) is 5.91 Å². The number of nitrogens with zero attached hydrogens (tertiary/aromatic N) is 5. The Labute approximate surface area is 272 Å². The van der Waals surface area contributed by atoms with Crippen molar-refractivity contribution in [1.29, 1.82) is 0 Å². The molecule has 3 aliphatic heterocycles. The van der Waals surface area contributed by atoms with Crippen LogP contribution in [-0.2, 0) is 4.79 Å². The van der Waals surface area contributed by atoms with Gasteiger partial charge in [0.05, 0.1) is 17.3 Å². The number of amides is 4. The minimum Gasteiger partial charge on any atom is -0.339 e. The Hall–Kier alpha value is -4.24. The number of rotatable bonds is 6. The van der Waals surface area contributed by atoms with E-state index in [0.29, 0.717) is 50.9 Å². The van der Waals surface area contributed by atoms with E-state index < -0.39 is 0 Å². The average molecular weight is 623 g/mol. The SMILES string of the molecule is CC(C)NC(=O)N1CCN(C(=O)[C@@H]2CCCN(C3CCN(C(=O)c4cc(-c5ccccc5)nc(-c5ccccc5)c4)CC3)C2)CC1. The number of carbonyl (C=O) groups excluding carboxylic acids is 3. The standard InChI is InChI=1S/C37H46N6O3/c1-27(2)38-37(46)42-22-20-41(21-23-42)35(44)30-14-9-17-43(26-30)32-15-18-40(19-16-32)36(45)31-24-33(28-10-5-3-6-11-28)39-34(25-31)29-12-7-4-8-13-29/h3-8,10-13,24-25,27,30,32H,9,14-23,26H2,1-2H3,(H,38,46)/t30-/m1/s1. The van der Waals surface area contributed by atoms with Crippen LogP contribution in [0.5, 0.6) is 0 Å².